The first-order chi connectivity index (χ1) is 44.8. The van der Waals surface area contributed by atoms with Gasteiger partial charge in [0.1, 0.15) is 17.5 Å². The molecule has 8 aromatic carbocycles. The molecule has 0 bridgehead atoms. The van der Waals surface area contributed by atoms with Crippen LogP contribution in [0, 0.1) is 0 Å². The summed E-state index contributed by atoms with van der Waals surface area (Å²) in [5.74, 6) is 2.53. The SMILES string of the molecule is CO.Cn1cc(-c2ccccc2Cc2ccc(C(F)(F)F)cc2)nc1CCO.Cn1cc(-c2ccccc2Cc2ccc(C(F)(F)F)cc2)nc1CCOCc1ccccc1.FC(F)(F)c1ccc(Cc2ccccc2-c2cnc(CCOCc3ccccc3)[nH]2)cc1. The van der Waals surface area contributed by atoms with Crippen LogP contribution in [-0.4, -0.2) is 66.2 Å². The number of imidazole rings is 3. The molecule has 484 valence electrons. The van der Waals surface area contributed by atoms with Gasteiger partial charge in [0.15, 0.2) is 0 Å². The lowest BCUT2D eigenvalue weighted by Crippen LogP contribution is -2.04. The van der Waals surface area contributed by atoms with E-state index in [1.807, 2.05) is 169 Å². The van der Waals surface area contributed by atoms with Crippen molar-refractivity contribution in [3.05, 3.63) is 304 Å². The van der Waals surface area contributed by atoms with Crippen molar-refractivity contribution in [1.29, 1.82) is 0 Å². The summed E-state index contributed by atoms with van der Waals surface area (Å²) in [6.07, 6.45) is -3.92. The van der Waals surface area contributed by atoms with Gasteiger partial charge in [0.2, 0.25) is 0 Å². The zero-order valence-corrected chi connectivity index (χ0v) is 51.5. The Hall–Kier alpha value is -9.40. The predicted molar refractivity (Wildman–Crippen MR) is 343 cm³/mol. The van der Waals surface area contributed by atoms with Gasteiger partial charge in [0.25, 0.3) is 0 Å². The Bertz CT molecular complexity index is 4030. The van der Waals surface area contributed by atoms with Gasteiger partial charge in [0, 0.05) is 69.6 Å². The van der Waals surface area contributed by atoms with Crippen LogP contribution in [0.3, 0.4) is 0 Å². The molecular weight excluding hydrogens is 1210 g/mol. The molecule has 0 saturated carbocycles. The number of nitrogens with one attached hydrogen (secondary N) is 1. The molecule has 0 atom stereocenters. The number of alkyl halides is 9. The average Bonchev–Trinajstić information content (AvgIpc) is 1.82. The summed E-state index contributed by atoms with van der Waals surface area (Å²) in [5, 5.41) is 16.1. The van der Waals surface area contributed by atoms with E-state index < -0.39 is 35.2 Å². The number of hydrogen-bond donors (Lipinski definition) is 3. The number of nitrogens with zero attached hydrogens (tertiary/aromatic N) is 5. The molecule has 0 saturated heterocycles. The largest absolute Gasteiger partial charge is 0.416 e. The molecule has 0 spiro atoms. The van der Waals surface area contributed by atoms with E-state index in [0.717, 1.165) is 139 Å². The maximum Gasteiger partial charge on any atom is 0.416 e. The van der Waals surface area contributed by atoms with Crippen molar-refractivity contribution >= 4 is 0 Å². The van der Waals surface area contributed by atoms with Crippen LogP contribution in [0.5, 0.6) is 0 Å². The molecule has 93 heavy (non-hydrogen) atoms. The van der Waals surface area contributed by atoms with Crippen LogP contribution in [0.15, 0.2) is 225 Å². The topological polar surface area (TPSA) is 123 Å². The number of aromatic nitrogens is 6. The van der Waals surface area contributed by atoms with E-state index in [1.54, 1.807) is 6.20 Å². The molecule has 11 rings (SSSR count). The number of halogens is 9. The van der Waals surface area contributed by atoms with Gasteiger partial charge < -0.3 is 33.8 Å². The minimum atomic E-state index is -4.33. The molecule has 3 aromatic heterocycles. The Morgan fingerprint density at radius 2 is 0.753 bits per heavy atom. The van der Waals surface area contributed by atoms with Crippen LogP contribution < -0.4 is 0 Å². The minimum Gasteiger partial charge on any atom is -0.400 e. The molecule has 0 aliphatic rings. The van der Waals surface area contributed by atoms with Crippen LogP contribution in [0.2, 0.25) is 0 Å². The molecule has 19 heteroatoms. The summed E-state index contributed by atoms with van der Waals surface area (Å²) in [6, 6.07) is 59.3. The highest BCUT2D eigenvalue weighted by Crippen LogP contribution is 2.34. The molecule has 0 unspecified atom stereocenters. The minimum absolute atomic E-state index is 0.0253. The van der Waals surface area contributed by atoms with Crippen LogP contribution in [0.25, 0.3) is 33.8 Å². The number of aryl methyl sites for hydroxylation is 2. The molecule has 3 N–H and O–H groups in total. The number of hydrogen-bond acceptors (Lipinski definition) is 7. The van der Waals surface area contributed by atoms with Crippen molar-refractivity contribution in [2.45, 2.75) is 70.3 Å². The Kier molecular flexibility index (Phi) is 24.8. The second-order valence-corrected chi connectivity index (χ2v) is 21.7. The van der Waals surface area contributed by atoms with Crippen molar-refractivity contribution in [3.8, 4) is 33.8 Å². The highest BCUT2D eigenvalue weighted by Gasteiger charge is 2.32. The van der Waals surface area contributed by atoms with Gasteiger partial charge in [-0.25, -0.2) is 15.0 Å². The van der Waals surface area contributed by atoms with Gasteiger partial charge >= 0.3 is 18.5 Å². The van der Waals surface area contributed by atoms with Crippen LogP contribution in [0.1, 0.15) is 78.7 Å². The quantitative estimate of drug-likeness (QED) is 0.0484. The predicted octanol–water partition coefficient (Wildman–Crippen LogP) is 16.7. The number of aliphatic hydroxyl groups excluding tert-OH is 2. The first-order valence-corrected chi connectivity index (χ1v) is 29.9. The smallest absolute Gasteiger partial charge is 0.400 e. The summed E-state index contributed by atoms with van der Waals surface area (Å²) in [5.41, 5.74) is 11.2. The van der Waals surface area contributed by atoms with Crippen molar-refractivity contribution in [3.63, 3.8) is 0 Å². The zero-order chi connectivity index (χ0) is 66.4. The van der Waals surface area contributed by atoms with Crippen LogP contribution in [0.4, 0.5) is 39.5 Å². The maximum atomic E-state index is 12.9. The van der Waals surface area contributed by atoms with Gasteiger partial charge in [-0.3, -0.25) is 0 Å². The van der Waals surface area contributed by atoms with E-state index in [9.17, 15) is 39.5 Å². The highest BCUT2D eigenvalue weighted by molar-refractivity contribution is 5.66. The van der Waals surface area contributed by atoms with Gasteiger partial charge in [-0.15, -0.1) is 0 Å². The number of benzene rings is 8. The lowest BCUT2D eigenvalue weighted by molar-refractivity contribution is -0.138. The normalized spacial score (nSPS) is 11.5. The number of H-pyrrole nitrogens is 1. The third-order valence-electron chi connectivity index (χ3n) is 15.0. The zero-order valence-electron chi connectivity index (χ0n) is 51.5. The fourth-order valence-corrected chi connectivity index (χ4v) is 10.2. The van der Waals surface area contributed by atoms with Gasteiger partial charge in [-0.2, -0.15) is 39.5 Å². The average molecular weight is 1280 g/mol. The van der Waals surface area contributed by atoms with E-state index in [2.05, 4.69) is 15.0 Å². The molecule has 3 heterocycles. The first-order valence-electron chi connectivity index (χ1n) is 29.9. The molecule has 0 aliphatic carbocycles. The summed E-state index contributed by atoms with van der Waals surface area (Å²) < 4.78 is 131. The monoisotopic (exact) mass is 1280 g/mol. The van der Waals surface area contributed by atoms with E-state index in [0.29, 0.717) is 65.0 Å². The Balaban J connectivity index is 0.000000178. The number of rotatable bonds is 21. The fourth-order valence-electron chi connectivity index (χ4n) is 10.2. The van der Waals surface area contributed by atoms with Crippen molar-refractivity contribution in [1.82, 2.24) is 29.1 Å². The fraction of sp³-hybridized carbons (Fsp3) is 0.230. The van der Waals surface area contributed by atoms with Gasteiger partial charge in [-0.05, 0) is 100 Å². The second-order valence-electron chi connectivity index (χ2n) is 21.7. The molecule has 0 radical (unpaired) electrons. The van der Waals surface area contributed by atoms with Gasteiger partial charge in [0.05, 0.1) is 73.0 Å². The second kappa shape index (κ2) is 33.3. The van der Waals surface area contributed by atoms with Crippen molar-refractivity contribution in [2.24, 2.45) is 14.1 Å². The van der Waals surface area contributed by atoms with Crippen LogP contribution >= 0.6 is 0 Å². The van der Waals surface area contributed by atoms with Crippen molar-refractivity contribution in [2.75, 3.05) is 26.9 Å². The van der Waals surface area contributed by atoms with Crippen LogP contribution in [-0.2, 0) is 93.8 Å². The highest BCUT2D eigenvalue weighted by atomic mass is 19.4. The number of ether oxygens (including phenoxy) is 2. The number of aromatic amines is 1. The molecule has 0 aliphatic heterocycles. The Morgan fingerprint density at radius 1 is 0.409 bits per heavy atom. The summed E-state index contributed by atoms with van der Waals surface area (Å²) in [4.78, 5) is 17.2. The molecule has 0 amide bonds. The molecular formula is C74H71F9N6O4. The first kappa shape index (κ1) is 69.5. The maximum absolute atomic E-state index is 12.9. The summed E-state index contributed by atoms with van der Waals surface area (Å²) >= 11 is 0. The molecule has 10 nitrogen and oxygen atoms in total. The third-order valence-corrected chi connectivity index (χ3v) is 15.0. The van der Waals surface area contributed by atoms with E-state index in [4.69, 9.17) is 24.7 Å². The summed E-state index contributed by atoms with van der Waals surface area (Å²) in [6.45, 7) is 2.26. The molecule has 0 fully saturated rings. The Morgan fingerprint density at radius 3 is 1.14 bits per heavy atom. The lowest BCUT2D eigenvalue weighted by Gasteiger charge is -2.10. The summed E-state index contributed by atoms with van der Waals surface area (Å²) in [7, 11) is 4.83. The van der Waals surface area contributed by atoms with Gasteiger partial charge in [-0.1, -0.05) is 170 Å². The lowest BCUT2D eigenvalue weighted by atomic mass is 9.97. The Labute approximate surface area is 534 Å². The third kappa shape index (κ3) is 20.5. The van der Waals surface area contributed by atoms with Crippen molar-refractivity contribution < 1.29 is 59.2 Å². The van der Waals surface area contributed by atoms with E-state index in [-0.39, 0.29) is 6.61 Å². The number of aliphatic hydroxyl groups is 2. The van der Waals surface area contributed by atoms with E-state index >= 15 is 0 Å². The molecule has 11 aromatic rings. The van der Waals surface area contributed by atoms with E-state index in [1.165, 1.54) is 36.4 Å². The standard InChI is InChI=1S/C27H25F3N2O.C26H23F3N2O.C20H19F3N2O.CH4O/c1-32-18-25(31-26(32)15-16-33-19-21-7-3-2-4-8-21)24-10-6-5-9-22(24)17-20-11-13-23(14-12-20)27(28,29)30;27-26(28,29)22-12-10-19(11-13-22)16-21-8-4-5-9-23(21)24-17-30-25(31-24)14-15-32-18-20-6-2-1-3-7-20;1-25-13-18(24-19(25)10-11-26)17-5-3-2-4-15(17)12-14-6-8-16(9-7-14)20(21,22)23;1-2/h2-14,18H,15-17,19H2,1H3;1-13,17H,14-16,18H2,(H,30,31);2-9,13,26H,10-12H2,1H3;2H,1H3.